The second-order valence-corrected chi connectivity index (χ2v) is 6.12. The first-order valence-corrected chi connectivity index (χ1v) is 7.52. The third-order valence-electron chi connectivity index (χ3n) is 4.45. The number of Topliss-reactive ketones (excluding diaryl/α,β-unsaturated/α-hetero) is 1. The number of hydrogen-bond donors (Lipinski definition) is 1. The monoisotopic (exact) mass is 275 g/mol. The summed E-state index contributed by atoms with van der Waals surface area (Å²) >= 11 is 0. The summed E-state index contributed by atoms with van der Waals surface area (Å²) in [5.74, 6) is 0.175. The van der Waals surface area contributed by atoms with Gasteiger partial charge in [0.2, 0.25) is 0 Å². The number of carbonyl (C=O) groups excluding carboxylic acids is 1. The van der Waals surface area contributed by atoms with Crippen LogP contribution in [0.3, 0.4) is 0 Å². The maximum absolute atomic E-state index is 12.5. The Morgan fingerprint density at radius 2 is 1.85 bits per heavy atom. The summed E-state index contributed by atoms with van der Waals surface area (Å²) in [5, 5.41) is 9.98. The molecule has 110 valence electrons. The molecule has 20 heavy (non-hydrogen) atoms. The summed E-state index contributed by atoms with van der Waals surface area (Å²) in [6, 6.07) is 7.80. The molecule has 0 aromatic heterocycles. The van der Waals surface area contributed by atoms with Crippen LogP contribution < -0.4 is 0 Å². The molecule has 1 aliphatic heterocycles. The normalized spacial score (nSPS) is 20.6. The van der Waals surface area contributed by atoms with Gasteiger partial charge in [-0.3, -0.25) is 9.69 Å². The molecule has 1 aromatic rings. The SMILES string of the molecule is CCc1ccc(C(=O)C(C)N2CCC(C)(O)CC2)cc1. The standard InChI is InChI=1S/C17H25NO2/c1-4-14-5-7-15(8-6-14)16(19)13(2)18-11-9-17(3,20)10-12-18/h5-8,13,20H,4,9-12H2,1-3H3. The van der Waals surface area contributed by atoms with Crippen molar-refractivity contribution in [2.75, 3.05) is 13.1 Å². The number of piperidine rings is 1. The van der Waals surface area contributed by atoms with Gasteiger partial charge < -0.3 is 5.11 Å². The van der Waals surface area contributed by atoms with Crippen molar-refractivity contribution in [2.45, 2.75) is 51.7 Å². The van der Waals surface area contributed by atoms with Crippen molar-refractivity contribution in [1.29, 1.82) is 0 Å². The molecule has 0 radical (unpaired) electrons. The van der Waals surface area contributed by atoms with E-state index in [0.29, 0.717) is 0 Å². The van der Waals surface area contributed by atoms with Crippen molar-refractivity contribution in [3.63, 3.8) is 0 Å². The van der Waals surface area contributed by atoms with E-state index in [2.05, 4.69) is 11.8 Å². The average Bonchev–Trinajstić information content (AvgIpc) is 2.46. The van der Waals surface area contributed by atoms with Crippen molar-refractivity contribution in [3.05, 3.63) is 35.4 Å². The summed E-state index contributed by atoms with van der Waals surface area (Å²) < 4.78 is 0. The molecule has 0 bridgehead atoms. The zero-order valence-corrected chi connectivity index (χ0v) is 12.7. The Labute approximate surface area is 121 Å². The number of aliphatic hydroxyl groups is 1. The molecule has 1 unspecified atom stereocenters. The van der Waals surface area contributed by atoms with Crippen molar-refractivity contribution >= 4 is 5.78 Å². The highest BCUT2D eigenvalue weighted by atomic mass is 16.3. The molecule has 3 heteroatoms. The second kappa shape index (κ2) is 6.06. The zero-order valence-electron chi connectivity index (χ0n) is 12.7. The molecule has 0 amide bonds. The molecule has 1 aliphatic rings. The van der Waals surface area contributed by atoms with E-state index >= 15 is 0 Å². The molecule has 0 spiro atoms. The summed E-state index contributed by atoms with van der Waals surface area (Å²) in [4.78, 5) is 14.7. The number of benzene rings is 1. The summed E-state index contributed by atoms with van der Waals surface area (Å²) in [6.07, 6.45) is 2.46. The first-order valence-electron chi connectivity index (χ1n) is 7.52. The maximum atomic E-state index is 12.5. The molecule has 2 rings (SSSR count). The zero-order chi connectivity index (χ0) is 14.8. The first kappa shape index (κ1) is 15.2. The van der Waals surface area contributed by atoms with Crippen molar-refractivity contribution in [3.8, 4) is 0 Å². The third-order valence-corrected chi connectivity index (χ3v) is 4.45. The Morgan fingerprint density at radius 3 is 2.35 bits per heavy atom. The van der Waals surface area contributed by atoms with Crippen LogP contribution in [0.15, 0.2) is 24.3 Å². The molecule has 0 aliphatic carbocycles. The molecular weight excluding hydrogens is 250 g/mol. The predicted molar refractivity (Wildman–Crippen MR) is 81.0 cm³/mol. The molecule has 1 atom stereocenters. The minimum atomic E-state index is -0.567. The van der Waals surface area contributed by atoms with E-state index in [4.69, 9.17) is 0 Å². The van der Waals surface area contributed by atoms with Gasteiger partial charge in [-0.1, -0.05) is 31.2 Å². The predicted octanol–water partition coefficient (Wildman–Crippen LogP) is 2.67. The fraction of sp³-hybridized carbons (Fsp3) is 0.588. The van der Waals surface area contributed by atoms with E-state index in [-0.39, 0.29) is 11.8 Å². The Hall–Kier alpha value is -1.19. The van der Waals surface area contributed by atoms with Crippen molar-refractivity contribution in [2.24, 2.45) is 0 Å². The van der Waals surface area contributed by atoms with Crippen LogP contribution >= 0.6 is 0 Å². The van der Waals surface area contributed by atoms with E-state index in [0.717, 1.165) is 37.9 Å². The van der Waals surface area contributed by atoms with Gasteiger partial charge in [0, 0.05) is 18.7 Å². The van der Waals surface area contributed by atoms with E-state index in [1.54, 1.807) is 0 Å². The van der Waals surface area contributed by atoms with E-state index in [1.807, 2.05) is 38.1 Å². The Morgan fingerprint density at radius 1 is 1.30 bits per heavy atom. The van der Waals surface area contributed by atoms with Gasteiger partial charge in [-0.25, -0.2) is 0 Å². The topological polar surface area (TPSA) is 40.5 Å². The quantitative estimate of drug-likeness (QED) is 0.859. The van der Waals surface area contributed by atoms with Gasteiger partial charge in [0.05, 0.1) is 11.6 Å². The van der Waals surface area contributed by atoms with Crippen LogP contribution in [0.1, 0.15) is 49.5 Å². The minimum absolute atomic E-state index is 0.112. The van der Waals surface area contributed by atoms with E-state index in [1.165, 1.54) is 5.56 Å². The Bertz CT molecular complexity index is 454. The second-order valence-electron chi connectivity index (χ2n) is 6.12. The number of nitrogens with zero attached hydrogens (tertiary/aromatic N) is 1. The first-order chi connectivity index (χ1) is 9.43. The average molecular weight is 275 g/mol. The highest BCUT2D eigenvalue weighted by molar-refractivity contribution is 5.99. The van der Waals surface area contributed by atoms with Crippen LogP contribution in [0.4, 0.5) is 0 Å². The summed E-state index contributed by atoms with van der Waals surface area (Å²) in [7, 11) is 0. The Balaban J connectivity index is 2.01. The van der Waals surface area contributed by atoms with Gasteiger partial charge in [0.1, 0.15) is 0 Å². The number of aryl methyl sites for hydroxylation is 1. The van der Waals surface area contributed by atoms with Crippen LogP contribution in [0, 0.1) is 0 Å². The lowest BCUT2D eigenvalue weighted by molar-refractivity contribution is -0.0127. The maximum Gasteiger partial charge on any atom is 0.179 e. The van der Waals surface area contributed by atoms with Crippen LogP contribution in [0.5, 0.6) is 0 Å². The molecule has 1 heterocycles. The fourth-order valence-corrected chi connectivity index (χ4v) is 2.70. The van der Waals surface area contributed by atoms with Crippen LogP contribution in [-0.4, -0.2) is 40.5 Å². The smallest absolute Gasteiger partial charge is 0.179 e. The van der Waals surface area contributed by atoms with Gasteiger partial charge in [0.25, 0.3) is 0 Å². The Kier molecular flexibility index (Phi) is 4.61. The van der Waals surface area contributed by atoms with Gasteiger partial charge >= 0.3 is 0 Å². The number of carbonyl (C=O) groups is 1. The van der Waals surface area contributed by atoms with Crippen LogP contribution in [-0.2, 0) is 6.42 Å². The number of likely N-dealkylation sites (tertiary alicyclic amines) is 1. The van der Waals surface area contributed by atoms with Gasteiger partial charge in [0.15, 0.2) is 5.78 Å². The van der Waals surface area contributed by atoms with E-state index in [9.17, 15) is 9.90 Å². The third kappa shape index (κ3) is 3.47. The van der Waals surface area contributed by atoms with Crippen molar-refractivity contribution < 1.29 is 9.90 Å². The molecule has 1 fully saturated rings. The van der Waals surface area contributed by atoms with Gasteiger partial charge in [-0.15, -0.1) is 0 Å². The fourth-order valence-electron chi connectivity index (χ4n) is 2.70. The van der Waals surface area contributed by atoms with Gasteiger partial charge in [-0.2, -0.15) is 0 Å². The van der Waals surface area contributed by atoms with Crippen molar-refractivity contribution in [1.82, 2.24) is 4.90 Å². The molecule has 1 aromatic carbocycles. The number of rotatable bonds is 4. The van der Waals surface area contributed by atoms with Crippen LogP contribution in [0.25, 0.3) is 0 Å². The lowest BCUT2D eigenvalue weighted by Crippen LogP contribution is -2.48. The van der Waals surface area contributed by atoms with E-state index < -0.39 is 5.60 Å². The lowest BCUT2D eigenvalue weighted by atomic mass is 9.92. The lowest BCUT2D eigenvalue weighted by Gasteiger charge is -2.38. The molecule has 1 saturated heterocycles. The molecular formula is C17H25NO2. The highest BCUT2D eigenvalue weighted by Crippen LogP contribution is 2.23. The van der Waals surface area contributed by atoms with Gasteiger partial charge in [-0.05, 0) is 38.7 Å². The number of ketones is 1. The summed E-state index contributed by atoms with van der Waals surface area (Å²) in [5.41, 5.74) is 1.47. The minimum Gasteiger partial charge on any atom is -0.390 e. The number of hydrogen-bond acceptors (Lipinski definition) is 3. The van der Waals surface area contributed by atoms with Crippen LogP contribution in [0.2, 0.25) is 0 Å². The largest absolute Gasteiger partial charge is 0.390 e. The summed E-state index contributed by atoms with van der Waals surface area (Å²) in [6.45, 7) is 7.52. The molecule has 0 saturated carbocycles. The highest BCUT2D eigenvalue weighted by Gasteiger charge is 2.31. The molecule has 1 N–H and O–H groups in total. The molecule has 3 nitrogen and oxygen atoms in total.